The van der Waals surface area contributed by atoms with Crippen LogP contribution in [0.5, 0.6) is 0 Å². The van der Waals surface area contributed by atoms with Gasteiger partial charge in [0, 0.05) is 15.2 Å². The normalized spacial score (nSPS) is 15.0. The maximum atomic E-state index is 9.72. The van der Waals surface area contributed by atoms with E-state index in [0.717, 1.165) is 16.7 Å². The first-order valence-electron chi connectivity index (χ1n) is 14.8. The van der Waals surface area contributed by atoms with Crippen LogP contribution in [0.15, 0.2) is 149 Å². The molecule has 1 nitrogen and oxygen atoms in total. The summed E-state index contributed by atoms with van der Waals surface area (Å²) in [5, 5.41) is 9.72. The second-order valence-corrected chi connectivity index (χ2v) is 13.1. The lowest BCUT2D eigenvalue weighted by molar-refractivity contribution is 0.549. The Bertz CT molecular complexity index is 2060. The fourth-order valence-corrected chi connectivity index (χ4v) is 8.74. The first kappa shape index (κ1) is 25.8. The van der Waals surface area contributed by atoms with Crippen LogP contribution in [0.1, 0.15) is 52.8 Å². The molecule has 0 unspecified atom stereocenters. The van der Waals surface area contributed by atoms with Crippen molar-refractivity contribution in [2.75, 3.05) is 0 Å². The zero-order valence-electron chi connectivity index (χ0n) is 24.1. The summed E-state index contributed by atoms with van der Waals surface area (Å²) in [6.45, 7) is 4.73. The van der Waals surface area contributed by atoms with Gasteiger partial charge < -0.3 is 0 Å². The van der Waals surface area contributed by atoms with Crippen molar-refractivity contribution in [3.8, 4) is 28.3 Å². The summed E-state index contributed by atoms with van der Waals surface area (Å²) in [5.74, 6) is 0. The maximum absolute atomic E-state index is 9.72. The van der Waals surface area contributed by atoms with Gasteiger partial charge in [0.15, 0.2) is 0 Å². The standard InChI is InChI=1S/C41H29NS/c1-40(2)32-16-5-7-18-34(32)41(35-19-8-6-17-33(35)40)36-20-9-10-21-38(36)43-39-25-28(22-23-37(39)41)27-13-11-14-29(24-27)31-15-4-3-12-30(31)26-42/h3-25H,1-2H3. The molecule has 6 aromatic rings. The molecule has 0 radical (unpaired) electrons. The van der Waals surface area contributed by atoms with Gasteiger partial charge >= 0.3 is 0 Å². The van der Waals surface area contributed by atoms with Gasteiger partial charge in [-0.3, -0.25) is 0 Å². The minimum atomic E-state index is -0.411. The van der Waals surface area contributed by atoms with Crippen molar-refractivity contribution in [1.82, 2.24) is 0 Å². The number of rotatable bonds is 2. The van der Waals surface area contributed by atoms with Crippen LogP contribution in [-0.2, 0) is 10.8 Å². The molecule has 2 aliphatic rings. The Labute approximate surface area is 257 Å². The summed E-state index contributed by atoms with van der Waals surface area (Å²) in [7, 11) is 0. The van der Waals surface area contributed by atoms with Gasteiger partial charge in [0.25, 0.3) is 0 Å². The second kappa shape index (κ2) is 9.60. The Hall–Kier alpha value is -4.84. The molecule has 0 fully saturated rings. The molecule has 0 atom stereocenters. The molecule has 1 aliphatic heterocycles. The number of fused-ring (bicyclic) bond motifs is 8. The summed E-state index contributed by atoms with van der Waals surface area (Å²) in [5.41, 5.74) is 12.7. The summed E-state index contributed by atoms with van der Waals surface area (Å²) in [6, 6.07) is 52.9. The van der Waals surface area contributed by atoms with Crippen LogP contribution in [0.3, 0.4) is 0 Å². The minimum absolute atomic E-state index is 0.113. The SMILES string of the molecule is CC1(C)c2ccccc2C2(c3ccccc3Sc3cc(-c4cccc(-c5ccccc5C#N)c4)ccc32)c2ccccc21. The second-order valence-electron chi connectivity index (χ2n) is 12.0. The molecular formula is C41H29NS. The van der Waals surface area contributed by atoms with E-state index in [4.69, 9.17) is 0 Å². The maximum Gasteiger partial charge on any atom is 0.0998 e. The Morgan fingerprint density at radius 2 is 1.05 bits per heavy atom. The Kier molecular flexibility index (Phi) is 5.77. The molecule has 0 saturated carbocycles. The van der Waals surface area contributed by atoms with Crippen LogP contribution in [0.2, 0.25) is 0 Å². The van der Waals surface area contributed by atoms with Crippen LogP contribution in [0.4, 0.5) is 0 Å². The third kappa shape index (κ3) is 3.65. The van der Waals surface area contributed by atoms with E-state index in [0.29, 0.717) is 5.56 Å². The van der Waals surface area contributed by atoms with E-state index in [1.807, 2.05) is 36.0 Å². The monoisotopic (exact) mass is 567 g/mol. The Morgan fingerprint density at radius 3 is 1.77 bits per heavy atom. The van der Waals surface area contributed by atoms with E-state index in [9.17, 15) is 5.26 Å². The molecule has 204 valence electrons. The topological polar surface area (TPSA) is 23.8 Å². The van der Waals surface area contributed by atoms with Crippen molar-refractivity contribution in [3.05, 3.63) is 178 Å². The van der Waals surface area contributed by atoms with Crippen LogP contribution in [-0.4, -0.2) is 0 Å². The lowest BCUT2D eigenvalue weighted by Crippen LogP contribution is -2.43. The van der Waals surface area contributed by atoms with Gasteiger partial charge in [-0.05, 0) is 79.9 Å². The molecule has 0 N–H and O–H groups in total. The van der Waals surface area contributed by atoms with E-state index in [1.54, 1.807) is 0 Å². The van der Waals surface area contributed by atoms with E-state index in [2.05, 4.69) is 135 Å². The average Bonchev–Trinajstić information content (AvgIpc) is 3.06. The van der Waals surface area contributed by atoms with E-state index >= 15 is 0 Å². The van der Waals surface area contributed by atoms with Crippen molar-refractivity contribution < 1.29 is 0 Å². The van der Waals surface area contributed by atoms with E-state index < -0.39 is 5.41 Å². The Morgan fingerprint density at radius 1 is 0.488 bits per heavy atom. The summed E-state index contributed by atoms with van der Waals surface area (Å²) >= 11 is 1.87. The summed E-state index contributed by atoms with van der Waals surface area (Å²) in [6.07, 6.45) is 0. The van der Waals surface area contributed by atoms with Crippen LogP contribution in [0, 0.1) is 11.3 Å². The van der Waals surface area contributed by atoms with Crippen molar-refractivity contribution in [2.24, 2.45) is 0 Å². The molecule has 0 saturated heterocycles. The van der Waals surface area contributed by atoms with Gasteiger partial charge in [0.2, 0.25) is 0 Å². The predicted molar refractivity (Wildman–Crippen MR) is 177 cm³/mol. The van der Waals surface area contributed by atoms with Crippen molar-refractivity contribution in [1.29, 1.82) is 5.26 Å². The molecule has 0 aromatic heterocycles. The molecule has 1 spiro atoms. The number of nitriles is 1. The first-order valence-corrected chi connectivity index (χ1v) is 15.6. The highest BCUT2D eigenvalue weighted by molar-refractivity contribution is 7.99. The smallest absolute Gasteiger partial charge is 0.0998 e. The lowest BCUT2D eigenvalue weighted by Gasteiger charge is -2.50. The Balaban J connectivity index is 1.38. The zero-order valence-corrected chi connectivity index (χ0v) is 25.0. The molecule has 6 aromatic carbocycles. The molecule has 0 amide bonds. The minimum Gasteiger partial charge on any atom is -0.192 e. The molecule has 43 heavy (non-hydrogen) atoms. The largest absolute Gasteiger partial charge is 0.192 e. The highest BCUT2D eigenvalue weighted by Crippen LogP contribution is 2.61. The quantitative estimate of drug-likeness (QED) is 0.207. The number of hydrogen-bond acceptors (Lipinski definition) is 2. The number of benzene rings is 6. The molecular weight excluding hydrogens is 539 g/mol. The molecule has 8 rings (SSSR count). The van der Waals surface area contributed by atoms with Crippen molar-refractivity contribution in [2.45, 2.75) is 34.5 Å². The van der Waals surface area contributed by atoms with E-state index in [1.165, 1.54) is 48.7 Å². The fraction of sp³-hybridized carbons (Fsp3) is 0.0976. The highest BCUT2D eigenvalue weighted by atomic mass is 32.2. The summed E-state index contributed by atoms with van der Waals surface area (Å²) < 4.78 is 0. The molecule has 2 heteroatoms. The predicted octanol–water partition coefficient (Wildman–Crippen LogP) is 10.4. The molecule has 0 bridgehead atoms. The first-order chi connectivity index (χ1) is 21.0. The number of hydrogen-bond donors (Lipinski definition) is 0. The zero-order chi connectivity index (χ0) is 29.2. The highest BCUT2D eigenvalue weighted by Gasteiger charge is 2.51. The van der Waals surface area contributed by atoms with Gasteiger partial charge in [-0.15, -0.1) is 0 Å². The molecule has 1 heterocycles. The van der Waals surface area contributed by atoms with Crippen LogP contribution in [0.25, 0.3) is 22.3 Å². The third-order valence-corrected chi connectivity index (χ3v) is 10.6. The van der Waals surface area contributed by atoms with Gasteiger partial charge in [-0.25, -0.2) is 0 Å². The fourth-order valence-electron chi connectivity index (χ4n) is 7.50. The van der Waals surface area contributed by atoms with E-state index in [-0.39, 0.29) is 5.41 Å². The molecule has 1 aliphatic carbocycles. The van der Waals surface area contributed by atoms with Crippen molar-refractivity contribution >= 4 is 11.8 Å². The van der Waals surface area contributed by atoms with Crippen LogP contribution >= 0.6 is 11.8 Å². The van der Waals surface area contributed by atoms with Gasteiger partial charge in [-0.1, -0.05) is 141 Å². The van der Waals surface area contributed by atoms with Gasteiger partial charge in [0.05, 0.1) is 17.0 Å². The van der Waals surface area contributed by atoms with Crippen molar-refractivity contribution in [3.63, 3.8) is 0 Å². The third-order valence-electron chi connectivity index (χ3n) is 9.46. The lowest BCUT2D eigenvalue weighted by atomic mass is 9.54. The van der Waals surface area contributed by atoms with Gasteiger partial charge in [0.1, 0.15) is 0 Å². The number of nitrogens with zero attached hydrogens (tertiary/aromatic N) is 1. The average molecular weight is 568 g/mol. The van der Waals surface area contributed by atoms with Crippen LogP contribution < -0.4 is 0 Å². The summed E-state index contributed by atoms with van der Waals surface area (Å²) in [4.78, 5) is 2.58. The van der Waals surface area contributed by atoms with Gasteiger partial charge in [-0.2, -0.15) is 5.26 Å².